The van der Waals surface area contributed by atoms with E-state index in [2.05, 4.69) is 56.6 Å². The third-order valence-corrected chi connectivity index (χ3v) is 5.05. The Morgan fingerprint density at radius 1 is 1.19 bits per heavy atom. The average molecular weight is 362 g/mol. The summed E-state index contributed by atoms with van der Waals surface area (Å²) in [6, 6.07) is 12.3. The molecule has 1 atom stereocenters. The van der Waals surface area contributed by atoms with E-state index in [0.717, 1.165) is 41.5 Å². The minimum atomic E-state index is 0.672. The van der Waals surface area contributed by atoms with Gasteiger partial charge >= 0.3 is 0 Å². The van der Waals surface area contributed by atoms with Crippen molar-refractivity contribution in [3.63, 3.8) is 0 Å². The summed E-state index contributed by atoms with van der Waals surface area (Å²) in [6.07, 6.45) is 6.24. The molecule has 2 aromatic heterocycles. The Labute approximate surface area is 160 Å². The van der Waals surface area contributed by atoms with Crippen LogP contribution in [0.4, 0.5) is 11.6 Å². The molecule has 27 heavy (non-hydrogen) atoms. The van der Waals surface area contributed by atoms with E-state index in [1.54, 1.807) is 6.33 Å². The molecular formula is C21H26N6. The number of nitrogens with zero attached hydrogens (tertiary/aromatic N) is 5. The second kappa shape index (κ2) is 7.78. The molecule has 0 bridgehead atoms. The van der Waals surface area contributed by atoms with Crippen molar-refractivity contribution in [2.75, 3.05) is 23.3 Å². The van der Waals surface area contributed by atoms with Gasteiger partial charge in [-0.05, 0) is 18.8 Å². The molecule has 6 nitrogen and oxygen atoms in total. The molecule has 1 aliphatic heterocycles. The molecule has 3 aromatic rings. The molecule has 0 spiro atoms. The molecule has 1 aliphatic rings. The first kappa shape index (κ1) is 17.5. The lowest BCUT2D eigenvalue weighted by molar-refractivity contribution is 0.444. The third-order valence-electron chi connectivity index (χ3n) is 5.05. The molecule has 0 radical (unpaired) electrons. The van der Waals surface area contributed by atoms with Gasteiger partial charge < -0.3 is 10.2 Å². The topological polar surface area (TPSA) is 58.9 Å². The number of piperidine rings is 1. The summed E-state index contributed by atoms with van der Waals surface area (Å²) < 4.78 is 1.86. The number of nitrogens with one attached hydrogen (secondary N) is 1. The van der Waals surface area contributed by atoms with Gasteiger partial charge in [0.1, 0.15) is 18.0 Å². The zero-order valence-electron chi connectivity index (χ0n) is 16.0. The Balaban J connectivity index is 1.49. The van der Waals surface area contributed by atoms with Crippen LogP contribution in [-0.2, 0) is 13.6 Å². The number of benzene rings is 1. The molecule has 0 saturated carbocycles. The average Bonchev–Trinajstić information content (AvgIpc) is 3.08. The van der Waals surface area contributed by atoms with Crippen LogP contribution in [0.2, 0.25) is 0 Å². The fourth-order valence-electron chi connectivity index (χ4n) is 3.71. The lowest BCUT2D eigenvalue weighted by Crippen LogP contribution is -2.34. The molecule has 6 heteroatoms. The number of rotatable bonds is 5. The Bertz CT molecular complexity index is 889. The molecule has 4 rings (SSSR count). The summed E-state index contributed by atoms with van der Waals surface area (Å²) in [6.45, 7) is 5.11. The van der Waals surface area contributed by atoms with Crippen LogP contribution >= 0.6 is 0 Å². The monoisotopic (exact) mass is 362 g/mol. The maximum absolute atomic E-state index is 4.63. The van der Waals surface area contributed by atoms with Gasteiger partial charge in [0.2, 0.25) is 0 Å². The van der Waals surface area contributed by atoms with Gasteiger partial charge in [-0.15, -0.1) is 0 Å². The Hall–Kier alpha value is -2.89. The van der Waals surface area contributed by atoms with Gasteiger partial charge in [-0.2, -0.15) is 5.10 Å². The molecule has 1 saturated heterocycles. The van der Waals surface area contributed by atoms with Crippen molar-refractivity contribution in [1.29, 1.82) is 0 Å². The van der Waals surface area contributed by atoms with Crippen molar-refractivity contribution in [2.24, 2.45) is 13.0 Å². The Kier molecular flexibility index (Phi) is 5.05. The molecule has 1 fully saturated rings. The molecule has 140 valence electrons. The van der Waals surface area contributed by atoms with E-state index in [4.69, 9.17) is 0 Å². The standard InChI is InChI=1S/C21H26N6/c1-16-7-6-10-27(13-16)20-11-19(23-15-24-20)22-12-18-14-26(2)25-21(18)17-8-4-3-5-9-17/h3-5,8-9,11,14-16H,6-7,10,12-13H2,1-2H3,(H,22,23,24). The van der Waals surface area contributed by atoms with Gasteiger partial charge in [0.25, 0.3) is 0 Å². The summed E-state index contributed by atoms with van der Waals surface area (Å²) in [4.78, 5) is 11.2. The zero-order valence-corrected chi connectivity index (χ0v) is 16.0. The van der Waals surface area contributed by atoms with Gasteiger partial charge in [0, 0.05) is 50.1 Å². The van der Waals surface area contributed by atoms with Gasteiger partial charge in [-0.3, -0.25) is 4.68 Å². The van der Waals surface area contributed by atoms with Crippen molar-refractivity contribution in [3.8, 4) is 11.3 Å². The van der Waals surface area contributed by atoms with Crippen LogP contribution in [0, 0.1) is 5.92 Å². The second-order valence-electron chi connectivity index (χ2n) is 7.35. The van der Waals surface area contributed by atoms with Crippen molar-refractivity contribution in [1.82, 2.24) is 19.7 Å². The molecular weight excluding hydrogens is 336 g/mol. The van der Waals surface area contributed by atoms with Gasteiger partial charge in [0.15, 0.2) is 0 Å². The van der Waals surface area contributed by atoms with E-state index in [1.165, 1.54) is 12.8 Å². The third kappa shape index (κ3) is 4.10. The maximum Gasteiger partial charge on any atom is 0.134 e. The quantitative estimate of drug-likeness (QED) is 0.749. The molecule has 3 heterocycles. The van der Waals surface area contributed by atoms with Crippen LogP contribution in [0.1, 0.15) is 25.3 Å². The largest absolute Gasteiger partial charge is 0.366 e. The lowest BCUT2D eigenvalue weighted by Gasteiger charge is -2.31. The number of hydrogen-bond acceptors (Lipinski definition) is 5. The van der Waals surface area contributed by atoms with Gasteiger partial charge in [-0.1, -0.05) is 37.3 Å². The molecule has 0 aliphatic carbocycles. The number of hydrogen-bond donors (Lipinski definition) is 1. The first-order valence-electron chi connectivity index (χ1n) is 9.58. The fourth-order valence-corrected chi connectivity index (χ4v) is 3.71. The summed E-state index contributed by atoms with van der Waals surface area (Å²) >= 11 is 0. The van der Waals surface area contributed by atoms with Crippen LogP contribution in [0.5, 0.6) is 0 Å². The minimum absolute atomic E-state index is 0.672. The molecule has 0 amide bonds. The van der Waals surface area contributed by atoms with Gasteiger partial charge in [0.05, 0.1) is 5.69 Å². The fraction of sp³-hybridized carbons (Fsp3) is 0.381. The minimum Gasteiger partial charge on any atom is -0.366 e. The van der Waals surface area contributed by atoms with Crippen LogP contribution in [0.25, 0.3) is 11.3 Å². The second-order valence-corrected chi connectivity index (χ2v) is 7.35. The van der Waals surface area contributed by atoms with Crippen molar-refractivity contribution < 1.29 is 0 Å². The summed E-state index contributed by atoms with van der Waals surface area (Å²) in [5.41, 5.74) is 3.28. The normalized spacial score (nSPS) is 17.1. The van der Waals surface area contributed by atoms with E-state index in [9.17, 15) is 0 Å². The maximum atomic E-state index is 4.63. The first-order valence-corrected chi connectivity index (χ1v) is 9.58. The number of anilines is 2. The van der Waals surface area contributed by atoms with E-state index in [-0.39, 0.29) is 0 Å². The van der Waals surface area contributed by atoms with Gasteiger partial charge in [-0.25, -0.2) is 9.97 Å². The smallest absolute Gasteiger partial charge is 0.134 e. The SMILES string of the molecule is CC1CCCN(c2cc(NCc3cn(C)nc3-c3ccccc3)ncn2)C1. The van der Waals surface area contributed by atoms with Crippen LogP contribution in [-0.4, -0.2) is 32.8 Å². The van der Waals surface area contributed by atoms with E-state index in [1.807, 2.05) is 29.9 Å². The first-order chi connectivity index (χ1) is 13.2. The Morgan fingerprint density at radius 2 is 2.04 bits per heavy atom. The molecule has 1 unspecified atom stereocenters. The van der Waals surface area contributed by atoms with Crippen molar-refractivity contribution >= 4 is 11.6 Å². The van der Waals surface area contributed by atoms with Crippen LogP contribution < -0.4 is 10.2 Å². The number of aryl methyl sites for hydroxylation is 1. The van der Waals surface area contributed by atoms with E-state index in [0.29, 0.717) is 12.5 Å². The molecule has 1 N–H and O–H groups in total. The predicted octanol–water partition coefficient (Wildman–Crippen LogP) is 3.73. The van der Waals surface area contributed by atoms with E-state index < -0.39 is 0 Å². The highest BCUT2D eigenvalue weighted by atomic mass is 15.3. The zero-order chi connectivity index (χ0) is 18.6. The van der Waals surface area contributed by atoms with E-state index >= 15 is 0 Å². The summed E-state index contributed by atoms with van der Waals surface area (Å²) in [5.74, 6) is 2.57. The lowest BCUT2D eigenvalue weighted by atomic mass is 10.0. The highest BCUT2D eigenvalue weighted by Gasteiger charge is 2.18. The predicted molar refractivity (Wildman–Crippen MR) is 109 cm³/mol. The van der Waals surface area contributed by atoms with Crippen molar-refractivity contribution in [3.05, 3.63) is 54.5 Å². The number of aromatic nitrogens is 4. The molecule has 1 aromatic carbocycles. The summed E-state index contributed by atoms with van der Waals surface area (Å²) in [7, 11) is 1.95. The van der Waals surface area contributed by atoms with Crippen LogP contribution in [0.3, 0.4) is 0 Å². The van der Waals surface area contributed by atoms with Crippen LogP contribution in [0.15, 0.2) is 48.9 Å². The highest BCUT2D eigenvalue weighted by molar-refractivity contribution is 5.63. The summed E-state index contributed by atoms with van der Waals surface area (Å²) in [5, 5.41) is 8.07. The Morgan fingerprint density at radius 3 is 2.85 bits per heavy atom. The highest BCUT2D eigenvalue weighted by Crippen LogP contribution is 2.24. The van der Waals surface area contributed by atoms with Crippen molar-refractivity contribution in [2.45, 2.75) is 26.3 Å².